The third-order valence-electron chi connectivity index (χ3n) is 3.19. The van der Waals surface area contributed by atoms with E-state index in [1.54, 1.807) is 0 Å². The van der Waals surface area contributed by atoms with Crippen molar-refractivity contribution in [1.29, 1.82) is 0 Å². The topological polar surface area (TPSA) is 147 Å². The summed E-state index contributed by atoms with van der Waals surface area (Å²) in [7, 11) is 0. The number of hydrogen-bond acceptors (Lipinski definition) is 11. The first-order valence-corrected chi connectivity index (χ1v) is 8.85. The smallest absolute Gasteiger partial charge is 0.303 e. The van der Waals surface area contributed by atoms with Gasteiger partial charge in [-0.15, -0.1) is 0 Å². The zero-order valence-electron chi connectivity index (χ0n) is 14.6. The number of rotatable bonds is 8. The summed E-state index contributed by atoms with van der Waals surface area (Å²) in [5, 5.41) is 13.0. The first-order valence-electron chi connectivity index (χ1n) is 7.47. The fourth-order valence-corrected chi connectivity index (χ4v) is 4.50. The van der Waals surface area contributed by atoms with Gasteiger partial charge >= 0.3 is 23.9 Å². The lowest BCUT2D eigenvalue weighted by atomic mass is 10.1. The standard InChI is InChI=1S/C14H20O11S/c1-7(15)20-5-11(21-8(2)16)14-13(23-10(4)18)12(22-9(3)17)6-26(14)25-24-19/h11-14H,5-6H2,1-4H3/t11-,12+,13-,14+,26?/m1/s1. The van der Waals surface area contributed by atoms with Gasteiger partial charge in [0.25, 0.3) is 0 Å². The molecule has 12 heteroatoms. The molecular weight excluding hydrogens is 376 g/mol. The van der Waals surface area contributed by atoms with Crippen LogP contribution in [-0.2, 0) is 58.7 Å². The lowest BCUT2D eigenvalue weighted by Crippen LogP contribution is -2.48. The minimum atomic E-state index is -1.38. The third kappa shape index (κ3) is 6.78. The molecule has 1 aliphatic heterocycles. The highest BCUT2D eigenvalue weighted by molar-refractivity contribution is 7.93. The molecule has 148 valence electrons. The van der Waals surface area contributed by atoms with E-state index in [0.717, 1.165) is 27.7 Å². The van der Waals surface area contributed by atoms with Crippen LogP contribution in [0.25, 0.3) is 0 Å². The van der Waals surface area contributed by atoms with E-state index in [1.807, 2.05) is 0 Å². The van der Waals surface area contributed by atoms with Gasteiger partial charge in [-0.05, 0) is 4.33 Å². The zero-order chi connectivity index (χ0) is 19.9. The summed E-state index contributed by atoms with van der Waals surface area (Å²) < 4.78 is 25.0. The molecule has 1 rings (SSSR count). The Labute approximate surface area is 152 Å². The summed E-state index contributed by atoms with van der Waals surface area (Å²) in [5.41, 5.74) is 0. The van der Waals surface area contributed by atoms with E-state index < -0.39 is 58.6 Å². The van der Waals surface area contributed by atoms with Gasteiger partial charge in [0, 0.05) is 27.7 Å². The highest BCUT2D eigenvalue weighted by Crippen LogP contribution is 2.33. The van der Waals surface area contributed by atoms with Crippen LogP contribution in [0.4, 0.5) is 0 Å². The maximum atomic E-state index is 11.5. The van der Waals surface area contributed by atoms with Crippen molar-refractivity contribution >= 4 is 35.1 Å². The maximum absolute atomic E-state index is 11.5. The molecule has 26 heavy (non-hydrogen) atoms. The monoisotopic (exact) mass is 396 g/mol. The molecule has 0 aromatic heterocycles. The van der Waals surface area contributed by atoms with Crippen molar-refractivity contribution in [3.05, 3.63) is 0 Å². The van der Waals surface area contributed by atoms with Crippen LogP contribution < -0.4 is 5.26 Å². The first-order chi connectivity index (χ1) is 12.1. The molecule has 5 atom stereocenters. The Morgan fingerprint density at radius 2 is 1.62 bits per heavy atom. The van der Waals surface area contributed by atoms with Gasteiger partial charge in [0.1, 0.15) is 6.61 Å². The van der Waals surface area contributed by atoms with E-state index in [4.69, 9.17) is 18.9 Å². The molecule has 0 aromatic rings. The van der Waals surface area contributed by atoms with Crippen molar-refractivity contribution in [2.45, 2.75) is 51.3 Å². The Hall–Kier alpha value is -1.89. The maximum Gasteiger partial charge on any atom is 0.303 e. The minimum Gasteiger partial charge on any atom is -0.688 e. The second-order valence-corrected chi connectivity index (χ2v) is 7.10. The van der Waals surface area contributed by atoms with Crippen molar-refractivity contribution in [3.63, 3.8) is 0 Å². The molecule has 1 aliphatic rings. The van der Waals surface area contributed by atoms with Crippen LogP contribution in [0.2, 0.25) is 0 Å². The zero-order valence-corrected chi connectivity index (χ0v) is 15.4. The van der Waals surface area contributed by atoms with Gasteiger partial charge in [0.05, 0.1) is 0 Å². The Morgan fingerprint density at radius 1 is 1.00 bits per heavy atom. The van der Waals surface area contributed by atoms with Gasteiger partial charge in [-0.3, -0.25) is 19.2 Å². The Morgan fingerprint density at radius 3 is 2.08 bits per heavy atom. The molecule has 0 aromatic carbocycles. The molecule has 0 radical (unpaired) electrons. The normalized spacial score (nSPS) is 25.9. The highest BCUT2D eigenvalue weighted by atomic mass is 32.2. The van der Waals surface area contributed by atoms with Crippen LogP contribution in [0.3, 0.4) is 0 Å². The molecule has 0 bridgehead atoms. The second kappa shape index (κ2) is 10.3. The first kappa shape index (κ1) is 22.2. The largest absolute Gasteiger partial charge is 0.688 e. The van der Waals surface area contributed by atoms with Crippen LogP contribution >= 0.6 is 0 Å². The molecule has 1 heterocycles. The Kier molecular flexibility index (Phi) is 8.78. The number of esters is 4. The van der Waals surface area contributed by atoms with Gasteiger partial charge < -0.3 is 24.2 Å². The van der Waals surface area contributed by atoms with Crippen LogP contribution in [0, 0.1) is 0 Å². The van der Waals surface area contributed by atoms with Crippen LogP contribution in [0.15, 0.2) is 0 Å². The van der Waals surface area contributed by atoms with E-state index in [0.29, 0.717) is 0 Å². The van der Waals surface area contributed by atoms with E-state index >= 15 is 0 Å². The predicted molar refractivity (Wildman–Crippen MR) is 81.5 cm³/mol. The number of carbonyl (C=O) groups excluding carboxylic acids is 4. The summed E-state index contributed by atoms with van der Waals surface area (Å²) in [6.45, 7) is 4.20. The van der Waals surface area contributed by atoms with Gasteiger partial charge in [0.15, 0.2) is 24.1 Å². The van der Waals surface area contributed by atoms with Crippen molar-refractivity contribution < 1.29 is 52.8 Å². The number of carbonyl (C=O) groups is 4. The lowest BCUT2D eigenvalue weighted by Gasteiger charge is -2.25. The molecule has 0 N–H and O–H groups in total. The van der Waals surface area contributed by atoms with Gasteiger partial charge in [-0.1, -0.05) is 0 Å². The van der Waals surface area contributed by atoms with Crippen molar-refractivity contribution in [3.8, 4) is 0 Å². The molecule has 0 aliphatic carbocycles. The molecule has 0 spiro atoms. The molecule has 11 nitrogen and oxygen atoms in total. The Bertz CT molecular complexity index is 537. The fourth-order valence-electron chi connectivity index (χ4n) is 2.48. The summed E-state index contributed by atoms with van der Waals surface area (Å²) in [6.07, 6.45) is -3.19. The van der Waals surface area contributed by atoms with Crippen LogP contribution in [-0.4, -0.2) is 59.8 Å². The van der Waals surface area contributed by atoms with Crippen molar-refractivity contribution in [1.82, 2.24) is 0 Å². The number of ether oxygens (including phenoxy) is 4. The number of hydrogen-bond donors (Lipinski definition) is 0. The minimum absolute atomic E-state index is 0.0394. The molecule has 0 amide bonds. The van der Waals surface area contributed by atoms with E-state index in [9.17, 15) is 24.4 Å². The average Bonchev–Trinajstić information content (AvgIpc) is 2.79. The SMILES string of the molecule is CC(=O)OC[C@@H](OC(C)=O)[C@H]1[C@H](OC(C)=O)[C@@H](OC(C)=O)C[S+]1OO[O-]. The summed E-state index contributed by atoms with van der Waals surface area (Å²) in [5.74, 6) is -2.72. The predicted octanol–water partition coefficient (Wildman–Crippen LogP) is -1.52. The van der Waals surface area contributed by atoms with E-state index in [-0.39, 0.29) is 12.4 Å². The van der Waals surface area contributed by atoms with Crippen molar-refractivity contribution in [2.75, 3.05) is 12.4 Å². The Balaban J connectivity index is 3.17. The van der Waals surface area contributed by atoms with Crippen molar-refractivity contribution in [2.24, 2.45) is 0 Å². The van der Waals surface area contributed by atoms with Gasteiger partial charge in [-0.2, -0.15) is 0 Å². The van der Waals surface area contributed by atoms with E-state index in [1.165, 1.54) is 0 Å². The van der Waals surface area contributed by atoms with Crippen LogP contribution in [0.5, 0.6) is 0 Å². The highest BCUT2D eigenvalue weighted by Gasteiger charge is 2.62. The fraction of sp³-hybridized carbons (Fsp3) is 0.714. The van der Waals surface area contributed by atoms with Gasteiger partial charge in [0.2, 0.25) is 16.4 Å². The molecule has 0 saturated carbocycles. The van der Waals surface area contributed by atoms with Crippen LogP contribution in [0.1, 0.15) is 27.7 Å². The lowest BCUT2D eigenvalue weighted by molar-refractivity contribution is -0.778. The quantitative estimate of drug-likeness (QED) is 0.155. The molecule has 1 fully saturated rings. The molecular formula is C14H20O11S. The molecule has 1 saturated heterocycles. The summed E-state index contributed by atoms with van der Waals surface area (Å²) >= 11 is -1.38. The summed E-state index contributed by atoms with van der Waals surface area (Å²) in [6, 6.07) is 0. The molecule has 1 unspecified atom stereocenters. The summed E-state index contributed by atoms with van der Waals surface area (Å²) in [4.78, 5) is 45.3. The van der Waals surface area contributed by atoms with Gasteiger partial charge in [-0.25, -0.2) is 5.04 Å². The third-order valence-corrected chi connectivity index (χ3v) is 5.26. The average molecular weight is 396 g/mol. The second-order valence-electron chi connectivity index (χ2n) is 5.32. The van der Waals surface area contributed by atoms with E-state index in [2.05, 4.69) is 9.37 Å².